The van der Waals surface area contributed by atoms with E-state index in [2.05, 4.69) is 10.3 Å². The largest absolute Gasteiger partial charge is 0.478 e. The zero-order valence-corrected chi connectivity index (χ0v) is 10.3. The number of hydrogen-bond donors (Lipinski definition) is 1. The zero-order chi connectivity index (χ0) is 13.1. The summed E-state index contributed by atoms with van der Waals surface area (Å²) in [7, 11) is 1.64. The Hall–Kier alpha value is -1.95. The summed E-state index contributed by atoms with van der Waals surface area (Å²) in [5.41, 5.74) is 1.38. The van der Waals surface area contributed by atoms with Gasteiger partial charge < -0.3 is 9.84 Å². The second-order valence-corrected chi connectivity index (χ2v) is 4.31. The molecule has 2 rings (SSSR count). The molecule has 0 spiro atoms. The van der Waals surface area contributed by atoms with Crippen LogP contribution >= 0.6 is 0 Å². The molecule has 0 radical (unpaired) electrons. The lowest BCUT2D eigenvalue weighted by Crippen LogP contribution is -2.15. The first kappa shape index (κ1) is 12.5. The van der Waals surface area contributed by atoms with Crippen LogP contribution in [-0.4, -0.2) is 39.8 Å². The van der Waals surface area contributed by atoms with Gasteiger partial charge in [0, 0.05) is 13.7 Å². The molecule has 1 N–H and O–H groups in total. The van der Waals surface area contributed by atoms with E-state index in [1.165, 1.54) is 0 Å². The van der Waals surface area contributed by atoms with E-state index in [1.807, 2.05) is 6.92 Å². The van der Waals surface area contributed by atoms with Crippen LogP contribution in [0, 0.1) is 5.92 Å². The number of carboxylic acids is 1. The van der Waals surface area contributed by atoms with Crippen molar-refractivity contribution in [1.29, 1.82) is 0 Å². The average molecular weight is 249 g/mol. The van der Waals surface area contributed by atoms with Crippen molar-refractivity contribution < 1.29 is 14.6 Å². The second kappa shape index (κ2) is 5.14. The molecule has 1 atom stereocenters. The summed E-state index contributed by atoms with van der Waals surface area (Å²) in [6.45, 7) is 3.19. The molecule has 1 unspecified atom stereocenters. The Balaban J connectivity index is 2.42. The van der Waals surface area contributed by atoms with Crippen molar-refractivity contribution in [3.63, 3.8) is 0 Å². The topological polar surface area (TPSA) is 77.2 Å². The van der Waals surface area contributed by atoms with Crippen molar-refractivity contribution >= 4 is 17.0 Å². The molecule has 1 aromatic heterocycles. The van der Waals surface area contributed by atoms with Crippen LogP contribution in [0.5, 0.6) is 0 Å². The van der Waals surface area contributed by atoms with Gasteiger partial charge >= 0.3 is 5.97 Å². The maximum absolute atomic E-state index is 11.2. The van der Waals surface area contributed by atoms with Gasteiger partial charge in [-0.3, -0.25) is 0 Å². The van der Waals surface area contributed by atoms with Gasteiger partial charge in [-0.1, -0.05) is 18.2 Å². The van der Waals surface area contributed by atoms with E-state index in [0.29, 0.717) is 24.2 Å². The van der Waals surface area contributed by atoms with Gasteiger partial charge in [-0.25, -0.2) is 9.48 Å². The van der Waals surface area contributed by atoms with Crippen LogP contribution in [0.25, 0.3) is 11.0 Å². The maximum Gasteiger partial charge on any atom is 0.337 e. The number of ether oxygens (including phenoxy) is 1. The third-order valence-electron chi connectivity index (χ3n) is 2.70. The predicted octanol–water partition coefficient (Wildman–Crippen LogP) is 1.41. The van der Waals surface area contributed by atoms with Crippen LogP contribution in [0.2, 0.25) is 0 Å². The molecule has 2 aromatic rings. The van der Waals surface area contributed by atoms with Crippen molar-refractivity contribution in [3.8, 4) is 0 Å². The van der Waals surface area contributed by atoms with Gasteiger partial charge in [-0.2, -0.15) is 0 Å². The predicted molar refractivity (Wildman–Crippen MR) is 65.5 cm³/mol. The number of carboxylic acid groups (broad SMARTS) is 1. The monoisotopic (exact) mass is 249 g/mol. The van der Waals surface area contributed by atoms with Crippen LogP contribution in [0.1, 0.15) is 17.3 Å². The fraction of sp³-hybridized carbons (Fsp3) is 0.417. The molecule has 0 aliphatic rings. The molecule has 96 valence electrons. The molecule has 0 amide bonds. The van der Waals surface area contributed by atoms with Gasteiger partial charge in [0.15, 0.2) is 0 Å². The Bertz CT molecular complexity index is 565. The quantitative estimate of drug-likeness (QED) is 0.867. The second-order valence-electron chi connectivity index (χ2n) is 4.31. The average Bonchev–Trinajstić information content (AvgIpc) is 2.72. The molecule has 1 heterocycles. The Kier molecular flexibility index (Phi) is 3.57. The summed E-state index contributed by atoms with van der Waals surface area (Å²) in [5.74, 6) is -0.731. The van der Waals surface area contributed by atoms with E-state index in [9.17, 15) is 4.79 Å². The van der Waals surface area contributed by atoms with Crippen LogP contribution in [0.4, 0.5) is 0 Å². The normalized spacial score (nSPS) is 12.8. The Morgan fingerprint density at radius 2 is 2.33 bits per heavy atom. The van der Waals surface area contributed by atoms with Crippen LogP contribution in [0.15, 0.2) is 18.2 Å². The molecule has 0 aliphatic heterocycles. The van der Waals surface area contributed by atoms with Gasteiger partial charge in [-0.15, -0.1) is 5.10 Å². The molecule has 6 heteroatoms. The molecule has 0 saturated carbocycles. The first-order valence-corrected chi connectivity index (χ1v) is 5.68. The summed E-state index contributed by atoms with van der Waals surface area (Å²) in [6.07, 6.45) is 0. The zero-order valence-electron chi connectivity index (χ0n) is 10.3. The van der Waals surface area contributed by atoms with Crippen molar-refractivity contribution in [2.75, 3.05) is 13.7 Å². The number of fused-ring (bicyclic) bond motifs is 1. The summed E-state index contributed by atoms with van der Waals surface area (Å²) < 4.78 is 6.69. The van der Waals surface area contributed by atoms with E-state index < -0.39 is 5.97 Å². The van der Waals surface area contributed by atoms with Crippen LogP contribution in [0.3, 0.4) is 0 Å². The third kappa shape index (κ3) is 2.33. The number of nitrogens with zero attached hydrogens (tertiary/aromatic N) is 3. The third-order valence-corrected chi connectivity index (χ3v) is 2.70. The molecular formula is C12H15N3O3. The minimum absolute atomic E-state index is 0.224. The van der Waals surface area contributed by atoms with Crippen molar-refractivity contribution in [3.05, 3.63) is 23.8 Å². The minimum Gasteiger partial charge on any atom is -0.478 e. The number of carbonyl (C=O) groups is 1. The summed E-state index contributed by atoms with van der Waals surface area (Å²) in [6, 6.07) is 4.99. The highest BCUT2D eigenvalue weighted by Gasteiger charge is 2.15. The van der Waals surface area contributed by atoms with Gasteiger partial charge in [0.05, 0.1) is 12.2 Å². The summed E-state index contributed by atoms with van der Waals surface area (Å²) in [4.78, 5) is 11.2. The van der Waals surface area contributed by atoms with Crippen molar-refractivity contribution in [2.45, 2.75) is 13.5 Å². The van der Waals surface area contributed by atoms with Crippen molar-refractivity contribution in [1.82, 2.24) is 15.0 Å². The first-order valence-electron chi connectivity index (χ1n) is 5.68. The number of benzene rings is 1. The first-order chi connectivity index (χ1) is 8.63. The number of rotatable bonds is 5. The molecule has 0 fully saturated rings. The standard InChI is InChI=1S/C12H15N3O3/c1-8(7-18-2)6-15-11-9(12(16)17)4-3-5-10(11)13-14-15/h3-5,8H,6-7H2,1-2H3,(H,16,17). The number of hydrogen-bond acceptors (Lipinski definition) is 4. The van der Waals surface area contributed by atoms with Crippen LogP contribution in [-0.2, 0) is 11.3 Å². The molecule has 18 heavy (non-hydrogen) atoms. The number of aromatic carboxylic acids is 1. The number of methoxy groups -OCH3 is 1. The number of aromatic nitrogens is 3. The molecule has 0 saturated heterocycles. The lowest BCUT2D eigenvalue weighted by atomic mass is 10.1. The van der Waals surface area contributed by atoms with Gasteiger partial charge in [0.25, 0.3) is 0 Å². The summed E-state index contributed by atoms with van der Waals surface area (Å²) >= 11 is 0. The smallest absolute Gasteiger partial charge is 0.337 e. The highest BCUT2D eigenvalue weighted by Crippen LogP contribution is 2.17. The lowest BCUT2D eigenvalue weighted by Gasteiger charge is -2.10. The van der Waals surface area contributed by atoms with Gasteiger partial charge in [-0.05, 0) is 18.1 Å². The maximum atomic E-state index is 11.2. The Morgan fingerprint density at radius 3 is 3.00 bits per heavy atom. The van der Waals surface area contributed by atoms with E-state index in [0.717, 1.165) is 0 Å². The van der Waals surface area contributed by atoms with E-state index >= 15 is 0 Å². The highest BCUT2D eigenvalue weighted by molar-refractivity contribution is 6.00. The lowest BCUT2D eigenvalue weighted by molar-refractivity contribution is 0.0698. The van der Waals surface area contributed by atoms with E-state index in [1.54, 1.807) is 30.0 Å². The fourth-order valence-electron chi connectivity index (χ4n) is 1.96. The molecule has 6 nitrogen and oxygen atoms in total. The Morgan fingerprint density at radius 1 is 1.56 bits per heavy atom. The highest BCUT2D eigenvalue weighted by atomic mass is 16.5. The summed E-state index contributed by atoms with van der Waals surface area (Å²) in [5, 5.41) is 17.2. The molecule has 0 aliphatic carbocycles. The Labute approximate surface area is 104 Å². The van der Waals surface area contributed by atoms with E-state index in [-0.39, 0.29) is 11.5 Å². The van der Waals surface area contributed by atoms with Crippen molar-refractivity contribution in [2.24, 2.45) is 5.92 Å². The SMILES string of the molecule is COCC(C)Cn1nnc2cccc(C(=O)O)c21. The fourth-order valence-corrected chi connectivity index (χ4v) is 1.96. The molecular weight excluding hydrogens is 234 g/mol. The number of para-hydroxylation sites is 1. The van der Waals surface area contributed by atoms with E-state index in [4.69, 9.17) is 9.84 Å². The molecule has 0 bridgehead atoms. The van der Waals surface area contributed by atoms with Crippen LogP contribution < -0.4 is 0 Å². The van der Waals surface area contributed by atoms with Gasteiger partial charge in [0.1, 0.15) is 11.0 Å². The molecule has 1 aromatic carbocycles. The minimum atomic E-state index is -0.969. The van der Waals surface area contributed by atoms with Gasteiger partial charge in [0.2, 0.25) is 0 Å².